The number of H-pyrrole nitrogens is 1. The van der Waals surface area contributed by atoms with Crippen molar-refractivity contribution in [1.82, 2.24) is 9.97 Å². The first-order chi connectivity index (χ1) is 9.08. The molecule has 0 radical (unpaired) electrons. The molecule has 0 aliphatic rings. The van der Waals surface area contributed by atoms with Crippen LogP contribution < -0.4 is 10.9 Å². The van der Waals surface area contributed by atoms with E-state index in [2.05, 4.69) is 15.3 Å². The number of methoxy groups -OCH3 is 1. The summed E-state index contributed by atoms with van der Waals surface area (Å²) in [5.74, 6) is -0.370. The summed E-state index contributed by atoms with van der Waals surface area (Å²) in [6.07, 6.45) is 0. The average molecular weight is 284 g/mol. The molecule has 0 aliphatic carbocycles. The third-order valence-corrected chi connectivity index (χ3v) is 2.50. The van der Waals surface area contributed by atoms with Crippen molar-refractivity contribution in [2.75, 3.05) is 12.4 Å². The van der Waals surface area contributed by atoms with Crippen LogP contribution in [-0.2, 0) is 11.3 Å². The zero-order valence-corrected chi connectivity index (χ0v) is 10.8. The Morgan fingerprint density at radius 3 is 3.00 bits per heavy atom. The summed E-state index contributed by atoms with van der Waals surface area (Å²) in [6, 6.07) is 5.37. The highest BCUT2D eigenvalue weighted by Gasteiger charge is 2.06. The molecule has 0 atom stereocenters. The lowest BCUT2D eigenvalue weighted by molar-refractivity contribution is 0.181. The second-order valence-corrected chi connectivity index (χ2v) is 4.20. The van der Waals surface area contributed by atoms with E-state index in [0.717, 1.165) is 0 Å². The lowest BCUT2D eigenvalue weighted by Crippen LogP contribution is -2.12. The highest BCUT2D eigenvalue weighted by Crippen LogP contribution is 2.21. The van der Waals surface area contributed by atoms with Gasteiger partial charge in [-0.3, -0.25) is 9.78 Å². The molecule has 0 spiro atoms. The number of nitrogens with one attached hydrogen (secondary N) is 2. The Bertz CT molecular complexity index is 645. The van der Waals surface area contributed by atoms with Crippen molar-refractivity contribution in [1.29, 1.82) is 0 Å². The molecule has 0 saturated carbocycles. The Kier molecular flexibility index (Phi) is 4.13. The number of benzene rings is 1. The van der Waals surface area contributed by atoms with Crippen LogP contribution in [0.5, 0.6) is 0 Å². The predicted molar refractivity (Wildman–Crippen MR) is 70.3 cm³/mol. The maximum atomic E-state index is 13.5. The van der Waals surface area contributed by atoms with Gasteiger partial charge in [-0.1, -0.05) is 11.6 Å². The van der Waals surface area contributed by atoms with Gasteiger partial charge in [-0.15, -0.1) is 0 Å². The van der Waals surface area contributed by atoms with Crippen molar-refractivity contribution in [3.63, 3.8) is 0 Å². The molecule has 100 valence electrons. The number of aromatic amines is 1. The van der Waals surface area contributed by atoms with Crippen molar-refractivity contribution in [2.24, 2.45) is 0 Å². The van der Waals surface area contributed by atoms with Gasteiger partial charge in [0.05, 0.1) is 18.0 Å². The van der Waals surface area contributed by atoms with E-state index in [9.17, 15) is 9.18 Å². The molecule has 2 aromatic rings. The normalized spacial score (nSPS) is 10.5. The van der Waals surface area contributed by atoms with Crippen LogP contribution in [0.3, 0.4) is 0 Å². The molecule has 1 aromatic carbocycles. The third-order valence-electron chi connectivity index (χ3n) is 2.27. The van der Waals surface area contributed by atoms with Gasteiger partial charge >= 0.3 is 0 Å². The van der Waals surface area contributed by atoms with Crippen LogP contribution in [0.25, 0.3) is 0 Å². The summed E-state index contributed by atoms with van der Waals surface area (Å²) in [5, 5.41) is 3.05. The molecular weight excluding hydrogens is 273 g/mol. The first-order valence-corrected chi connectivity index (χ1v) is 5.77. The zero-order valence-electron chi connectivity index (χ0n) is 10.0. The first kappa shape index (κ1) is 13.5. The number of ether oxygens (including phenoxy) is 1. The molecule has 19 heavy (non-hydrogen) atoms. The van der Waals surface area contributed by atoms with Crippen molar-refractivity contribution < 1.29 is 9.13 Å². The van der Waals surface area contributed by atoms with Crippen LogP contribution in [0.4, 0.5) is 16.0 Å². The average Bonchev–Trinajstić information content (AvgIpc) is 2.33. The second-order valence-electron chi connectivity index (χ2n) is 3.77. The molecule has 0 amide bonds. The standard InChI is InChI=1S/C12H11ClFN3O2/c1-19-6-8-5-11(18)17-12(15-8)16-10-4-7(13)2-3-9(10)14/h2-5H,6H2,1H3,(H2,15,16,17,18). The Morgan fingerprint density at radius 1 is 1.47 bits per heavy atom. The molecule has 1 aromatic heterocycles. The Morgan fingerprint density at radius 2 is 2.26 bits per heavy atom. The van der Waals surface area contributed by atoms with Crippen LogP contribution in [0.2, 0.25) is 5.02 Å². The van der Waals surface area contributed by atoms with E-state index in [4.69, 9.17) is 16.3 Å². The molecule has 2 rings (SSSR count). The Labute approximate surface area is 113 Å². The molecule has 5 nitrogen and oxygen atoms in total. The van der Waals surface area contributed by atoms with E-state index in [1.165, 1.54) is 31.4 Å². The summed E-state index contributed by atoms with van der Waals surface area (Å²) in [5.41, 5.74) is 0.216. The van der Waals surface area contributed by atoms with Gasteiger partial charge in [0.15, 0.2) is 0 Å². The van der Waals surface area contributed by atoms with Crippen LogP contribution in [0.15, 0.2) is 29.1 Å². The van der Waals surface area contributed by atoms with Gasteiger partial charge in [-0.2, -0.15) is 0 Å². The van der Waals surface area contributed by atoms with E-state index in [1.54, 1.807) is 0 Å². The van der Waals surface area contributed by atoms with Crippen molar-refractivity contribution in [3.8, 4) is 0 Å². The van der Waals surface area contributed by atoms with E-state index in [1.807, 2.05) is 0 Å². The highest BCUT2D eigenvalue weighted by molar-refractivity contribution is 6.30. The minimum atomic E-state index is -0.496. The van der Waals surface area contributed by atoms with Gasteiger partial charge in [0.25, 0.3) is 5.56 Å². The largest absolute Gasteiger partial charge is 0.378 e. The molecule has 0 aliphatic heterocycles. The minimum absolute atomic E-state index is 0.126. The smallest absolute Gasteiger partial charge is 0.252 e. The molecule has 2 N–H and O–H groups in total. The molecule has 0 unspecified atom stereocenters. The van der Waals surface area contributed by atoms with Gasteiger partial charge in [0.1, 0.15) is 5.82 Å². The maximum Gasteiger partial charge on any atom is 0.252 e. The number of rotatable bonds is 4. The molecule has 0 fully saturated rings. The number of aromatic nitrogens is 2. The molecular formula is C12H11ClFN3O2. The van der Waals surface area contributed by atoms with Crippen LogP contribution in [0, 0.1) is 5.82 Å². The second kappa shape index (κ2) is 5.81. The number of hydrogen-bond donors (Lipinski definition) is 2. The predicted octanol–water partition coefficient (Wildman–Crippen LogP) is 2.45. The number of anilines is 2. The number of nitrogens with zero attached hydrogens (tertiary/aromatic N) is 1. The lowest BCUT2D eigenvalue weighted by Gasteiger charge is -2.08. The number of hydrogen-bond acceptors (Lipinski definition) is 4. The monoisotopic (exact) mass is 283 g/mol. The lowest BCUT2D eigenvalue weighted by atomic mass is 10.3. The molecule has 0 saturated heterocycles. The molecule has 0 bridgehead atoms. The van der Waals surface area contributed by atoms with Crippen LogP contribution in [0.1, 0.15) is 5.69 Å². The SMILES string of the molecule is COCc1cc(=O)[nH]c(Nc2cc(Cl)ccc2F)n1. The van der Waals surface area contributed by atoms with E-state index in [-0.39, 0.29) is 23.8 Å². The summed E-state index contributed by atoms with van der Waals surface area (Å²) >= 11 is 5.78. The van der Waals surface area contributed by atoms with E-state index < -0.39 is 5.82 Å². The van der Waals surface area contributed by atoms with Crippen LogP contribution >= 0.6 is 11.6 Å². The fourth-order valence-corrected chi connectivity index (χ4v) is 1.68. The topological polar surface area (TPSA) is 67.0 Å². The van der Waals surface area contributed by atoms with Gasteiger partial charge in [-0.05, 0) is 18.2 Å². The summed E-state index contributed by atoms with van der Waals surface area (Å²) in [7, 11) is 1.49. The summed E-state index contributed by atoms with van der Waals surface area (Å²) in [6.45, 7) is 0.191. The summed E-state index contributed by atoms with van der Waals surface area (Å²) < 4.78 is 18.4. The fraction of sp³-hybridized carbons (Fsp3) is 0.167. The molecule has 1 heterocycles. The van der Waals surface area contributed by atoms with Crippen molar-refractivity contribution in [3.05, 3.63) is 51.2 Å². The van der Waals surface area contributed by atoms with Gasteiger partial charge in [0.2, 0.25) is 5.95 Å². The Hall–Kier alpha value is -1.92. The Balaban J connectivity index is 2.32. The maximum absolute atomic E-state index is 13.5. The third kappa shape index (κ3) is 3.52. The highest BCUT2D eigenvalue weighted by atomic mass is 35.5. The fourth-order valence-electron chi connectivity index (χ4n) is 1.51. The van der Waals surface area contributed by atoms with Gasteiger partial charge < -0.3 is 10.1 Å². The minimum Gasteiger partial charge on any atom is -0.378 e. The summed E-state index contributed by atoms with van der Waals surface area (Å²) in [4.78, 5) is 18.0. The van der Waals surface area contributed by atoms with Crippen LogP contribution in [-0.4, -0.2) is 17.1 Å². The van der Waals surface area contributed by atoms with Gasteiger partial charge in [-0.25, -0.2) is 9.37 Å². The zero-order chi connectivity index (χ0) is 13.8. The molecule has 7 heteroatoms. The van der Waals surface area contributed by atoms with E-state index in [0.29, 0.717) is 10.7 Å². The van der Waals surface area contributed by atoms with Crippen molar-refractivity contribution in [2.45, 2.75) is 6.61 Å². The number of halogens is 2. The van der Waals surface area contributed by atoms with Gasteiger partial charge in [0, 0.05) is 18.2 Å². The van der Waals surface area contributed by atoms with E-state index >= 15 is 0 Å². The van der Waals surface area contributed by atoms with Crippen molar-refractivity contribution >= 4 is 23.2 Å². The first-order valence-electron chi connectivity index (χ1n) is 5.40. The quantitative estimate of drug-likeness (QED) is 0.904.